The second-order valence-corrected chi connectivity index (χ2v) is 5.49. The van der Waals surface area contributed by atoms with E-state index in [9.17, 15) is 5.11 Å². The Bertz CT molecular complexity index is 579. The number of aromatic hydroxyl groups is 1. The van der Waals surface area contributed by atoms with Gasteiger partial charge in [0.25, 0.3) is 0 Å². The number of nitrogens with zero attached hydrogens (tertiary/aromatic N) is 1. The number of phenols is 1. The molecule has 2 heterocycles. The molecule has 1 aromatic carbocycles. The van der Waals surface area contributed by atoms with Crippen molar-refractivity contribution in [2.24, 2.45) is 5.92 Å². The van der Waals surface area contributed by atoms with Crippen molar-refractivity contribution in [3.63, 3.8) is 0 Å². The summed E-state index contributed by atoms with van der Waals surface area (Å²) in [4.78, 5) is 4.39. The first-order chi connectivity index (χ1) is 9.83. The highest BCUT2D eigenvalue weighted by atomic mass is 16.3. The van der Waals surface area contributed by atoms with Crippen LogP contribution in [0.2, 0.25) is 0 Å². The lowest BCUT2D eigenvalue weighted by Gasteiger charge is -2.22. The van der Waals surface area contributed by atoms with Gasteiger partial charge in [-0.3, -0.25) is 0 Å². The highest BCUT2D eigenvalue weighted by molar-refractivity contribution is 5.92. The average molecular weight is 271 g/mol. The first kappa shape index (κ1) is 13.2. The van der Waals surface area contributed by atoms with Gasteiger partial charge in [-0.15, -0.1) is 0 Å². The van der Waals surface area contributed by atoms with Gasteiger partial charge in [0.2, 0.25) is 0 Å². The maximum atomic E-state index is 9.62. The second kappa shape index (κ2) is 6.09. The molecule has 1 saturated heterocycles. The Morgan fingerprint density at radius 2 is 2.30 bits per heavy atom. The van der Waals surface area contributed by atoms with Gasteiger partial charge in [0.15, 0.2) is 0 Å². The third-order valence-electron chi connectivity index (χ3n) is 3.99. The minimum absolute atomic E-state index is 0.282. The lowest BCUT2D eigenvalue weighted by molar-refractivity contribution is 0.364. The minimum atomic E-state index is 0.282. The van der Waals surface area contributed by atoms with Crippen molar-refractivity contribution >= 4 is 16.6 Å². The fraction of sp³-hybridized carbons (Fsp3) is 0.438. The monoisotopic (exact) mass is 271 g/mol. The normalized spacial score (nSPS) is 19.1. The van der Waals surface area contributed by atoms with E-state index >= 15 is 0 Å². The number of phenolic OH excluding ortho intramolecular Hbond substituents is 1. The largest absolute Gasteiger partial charge is 0.508 e. The van der Waals surface area contributed by atoms with Crippen LogP contribution in [-0.4, -0.2) is 29.7 Å². The van der Waals surface area contributed by atoms with E-state index in [0.29, 0.717) is 0 Å². The Hall–Kier alpha value is -1.81. The molecule has 1 aromatic heterocycles. The fourth-order valence-electron chi connectivity index (χ4n) is 2.86. The van der Waals surface area contributed by atoms with Gasteiger partial charge in [-0.25, -0.2) is 4.98 Å². The molecular weight excluding hydrogens is 250 g/mol. The van der Waals surface area contributed by atoms with Gasteiger partial charge in [-0.2, -0.15) is 0 Å². The van der Waals surface area contributed by atoms with E-state index in [-0.39, 0.29) is 5.75 Å². The molecule has 4 heteroatoms. The maximum absolute atomic E-state index is 9.62. The first-order valence-electron chi connectivity index (χ1n) is 7.35. The number of rotatable bonds is 4. The van der Waals surface area contributed by atoms with Crippen LogP contribution in [-0.2, 0) is 0 Å². The standard InChI is InChI=1S/C16H21N3O/c20-14-4-3-13-6-9-19-16(15(13)10-14)18-8-5-12-2-1-7-17-11-12/h3-4,6,9-10,12,17,20H,1-2,5,7-8,11H2,(H,18,19). The topological polar surface area (TPSA) is 57.2 Å². The van der Waals surface area contributed by atoms with Crippen LogP contribution in [0, 0.1) is 5.92 Å². The summed E-state index contributed by atoms with van der Waals surface area (Å²) in [5.41, 5.74) is 0. The Kier molecular flexibility index (Phi) is 4.02. The fourth-order valence-corrected chi connectivity index (χ4v) is 2.86. The number of nitrogens with one attached hydrogen (secondary N) is 2. The number of benzene rings is 1. The number of fused-ring (bicyclic) bond motifs is 1. The minimum Gasteiger partial charge on any atom is -0.508 e. The van der Waals surface area contributed by atoms with Crippen LogP contribution in [0.25, 0.3) is 10.8 Å². The van der Waals surface area contributed by atoms with Crippen LogP contribution in [0.4, 0.5) is 5.82 Å². The number of anilines is 1. The molecule has 0 aliphatic carbocycles. The molecule has 0 bridgehead atoms. The predicted molar refractivity (Wildman–Crippen MR) is 82.1 cm³/mol. The van der Waals surface area contributed by atoms with Crippen LogP contribution in [0.3, 0.4) is 0 Å². The van der Waals surface area contributed by atoms with E-state index in [2.05, 4.69) is 15.6 Å². The van der Waals surface area contributed by atoms with Crippen LogP contribution >= 0.6 is 0 Å². The average Bonchev–Trinajstić information content (AvgIpc) is 2.49. The molecule has 2 aromatic rings. The smallest absolute Gasteiger partial charge is 0.133 e. The molecule has 3 N–H and O–H groups in total. The molecule has 0 radical (unpaired) electrons. The Morgan fingerprint density at radius 3 is 3.15 bits per heavy atom. The number of aromatic nitrogens is 1. The molecule has 1 atom stereocenters. The van der Waals surface area contributed by atoms with E-state index < -0.39 is 0 Å². The van der Waals surface area contributed by atoms with Gasteiger partial charge in [-0.1, -0.05) is 6.07 Å². The summed E-state index contributed by atoms with van der Waals surface area (Å²) in [5, 5.41) is 18.6. The summed E-state index contributed by atoms with van der Waals surface area (Å²) in [6, 6.07) is 7.36. The van der Waals surface area contributed by atoms with Crippen LogP contribution < -0.4 is 10.6 Å². The van der Waals surface area contributed by atoms with Crippen LogP contribution in [0.5, 0.6) is 5.75 Å². The van der Waals surface area contributed by atoms with Gasteiger partial charge in [0.05, 0.1) is 0 Å². The molecular formula is C16H21N3O. The molecule has 20 heavy (non-hydrogen) atoms. The highest BCUT2D eigenvalue weighted by Gasteiger charge is 2.12. The quantitative estimate of drug-likeness (QED) is 0.800. The Morgan fingerprint density at radius 1 is 1.35 bits per heavy atom. The highest BCUT2D eigenvalue weighted by Crippen LogP contribution is 2.25. The van der Waals surface area contributed by atoms with Gasteiger partial charge in [0, 0.05) is 18.1 Å². The van der Waals surface area contributed by atoms with Crippen LogP contribution in [0.1, 0.15) is 19.3 Å². The summed E-state index contributed by atoms with van der Waals surface area (Å²) in [6.45, 7) is 3.22. The molecule has 0 saturated carbocycles. The zero-order chi connectivity index (χ0) is 13.8. The molecule has 0 amide bonds. The van der Waals surface area contributed by atoms with Crippen molar-refractivity contribution in [2.45, 2.75) is 19.3 Å². The predicted octanol–water partition coefficient (Wildman–Crippen LogP) is 2.74. The lowest BCUT2D eigenvalue weighted by Crippen LogP contribution is -2.30. The lowest BCUT2D eigenvalue weighted by atomic mass is 9.96. The molecule has 0 spiro atoms. The molecule has 1 aliphatic heterocycles. The van der Waals surface area contributed by atoms with E-state index in [1.165, 1.54) is 12.8 Å². The molecule has 3 rings (SSSR count). The third-order valence-corrected chi connectivity index (χ3v) is 3.99. The summed E-state index contributed by atoms with van der Waals surface area (Å²) >= 11 is 0. The van der Waals surface area contributed by atoms with Crippen LogP contribution in [0.15, 0.2) is 30.5 Å². The SMILES string of the molecule is Oc1ccc2ccnc(NCCC3CCCNC3)c2c1. The first-order valence-corrected chi connectivity index (χ1v) is 7.35. The van der Waals surface area contributed by atoms with Gasteiger partial charge < -0.3 is 15.7 Å². The van der Waals surface area contributed by atoms with E-state index in [4.69, 9.17) is 0 Å². The third kappa shape index (κ3) is 3.02. The molecule has 1 unspecified atom stereocenters. The number of pyridine rings is 1. The summed E-state index contributed by atoms with van der Waals surface area (Å²) in [5.74, 6) is 1.91. The second-order valence-electron chi connectivity index (χ2n) is 5.49. The molecule has 4 nitrogen and oxygen atoms in total. The van der Waals surface area contributed by atoms with E-state index in [0.717, 1.165) is 48.6 Å². The Balaban J connectivity index is 1.66. The van der Waals surface area contributed by atoms with Gasteiger partial charge in [-0.05, 0) is 61.9 Å². The summed E-state index contributed by atoms with van der Waals surface area (Å²) in [6.07, 6.45) is 5.57. The van der Waals surface area contributed by atoms with E-state index in [1.807, 2.05) is 18.3 Å². The van der Waals surface area contributed by atoms with Crippen molar-refractivity contribution < 1.29 is 5.11 Å². The number of piperidine rings is 1. The van der Waals surface area contributed by atoms with Crippen molar-refractivity contribution in [1.82, 2.24) is 10.3 Å². The maximum Gasteiger partial charge on any atom is 0.133 e. The van der Waals surface area contributed by atoms with Crippen molar-refractivity contribution in [3.8, 4) is 5.75 Å². The molecule has 106 valence electrons. The van der Waals surface area contributed by atoms with Crippen molar-refractivity contribution in [3.05, 3.63) is 30.5 Å². The van der Waals surface area contributed by atoms with Gasteiger partial charge in [0.1, 0.15) is 11.6 Å². The van der Waals surface area contributed by atoms with Crippen molar-refractivity contribution in [1.29, 1.82) is 0 Å². The number of hydrogen-bond acceptors (Lipinski definition) is 4. The number of hydrogen-bond donors (Lipinski definition) is 3. The van der Waals surface area contributed by atoms with Crippen molar-refractivity contribution in [2.75, 3.05) is 25.0 Å². The molecule has 1 aliphatic rings. The van der Waals surface area contributed by atoms with E-state index in [1.54, 1.807) is 12.1 Å². The zero-order valence-electron chi connectivity index (χ0n) is 11.6. The summed E-state index contributed by atoms with van der Waals surface area (Å²) < 4.78 is 0. The van der Waals surface area contributed by atoms with Gasteiger partial charge >= 0.3 is 0 Å². The molecule has 1 fully saturated rings. The summed E-state index contributed by atoms with van der Waals surface area (Å²) in [7, 11) is 0. The Labute approximate surface area is 119 Å². The zero-order valence-corrected chi connectivity index (χ0v) is 11.6.